The molecule has 1 aromatic carbocycles. The van der Waals surface area contributed by atoms with Crippen LogP contribution in [0.2, 0.25) is 0 Å². The van der Waals surface area contributed by atoms with Crippen molar-refractivity contribution in [2.75, 3.05) is 31.3 Å². The number of carbonyl (C=O) groups is 3. The van der Waals surface area contributed by atoms with Gasteiger partial charge in [0.2, 0.25) is 17.4 Å². The number of rotatable bonds is 17. The van der Waals surface area contributed by atoms with E-state index in [0.29, 0.717) is 18.1 Å². The molecule has 3 unspecified atom stereocenters. The molecule has 2 N–H and O–H groups in total. The zero-order valence-electron chi connectivity index (χ0n) is 21.0. The Morgan fingerprint density at radius 2 is 1.38 bits per heavy atom. The maximum absolute atomic E-state index is 13.8. The van der Waals surface area contributed by atoms with Crippen LogP contribution in [0.15, 0.2) is 6.07 Å². The lowest BCUT2D eigenvalue weighted by Crippen LogP contribution is -2.48. The molecule has 0 aliphatic heterocycles. The number of carbonyl (C=O) groups excluding carboxylic acids is 3. The Morgan fingerprint density at radius 1 is 0.865 bits per heavy atom. The molecule has 0 saturated heterocycles. The summed E-state index contributed by atoms with van der Waals surface area (Å²) in [6.45, 7) is 7.61. The normalized spacial score (nSPS) is 13.5. The predicted octanol–water partition coefficient (Wildman–Crippen LogP) is 3.76. The Bertz CT molecular complexity index is 874. The van der Waals surface area contributed by atoms with Crippen molar-refractivity contribution in [3.8, 4) is 5.75 Å². The first-order valence-electron chi connectivity index (χ1n) is 11.7. The first-order valence-corrected chi connectivity index (χ1v) is 13.8. The highest BCUT2D eigenvalue weighted by Gasteiger charge is 2.26. The van der Waals surface area contributed by atoms with Gasteiger partial charge in [-0.3, -0.25) is 14.4 Å². The number of ether oxygens (including phenoxy) is 3. The summed E-state index contributed by atoms with van der Waals surface area (Å²) in [5.41, 5.74) is -1.62. The van der Waals surface area contributed by atoms with E-state index in [-0.39, 0.29) is 25.6 Å². The predicted molar refractivity (Wildman–Crippen MR) is 133 cm³/mol. The van der Waals surface area contributed by atoms with Crippen LogP contribution in [0.25, 0.3) is 0 Å². The van der Waals surface area contributed by atoms with Gasteiger partial charge in [0.1, 0.15) is 0 Å². The summed E-state index contributed by atoms with van der Waals surface area (Å²) in [5, 5.41) is 5.33. The van der Waals surface area contributed by atoms with Gasteiger partial charge in [-0.2, -0.15) is 8.78 Å². The SMILES string of the molecule is CCOC(SCC)C(=O)NCC(CCC(=O)Oc1c(F)c(F)cc(F)c1F)NC(=O)C(OCC)SCC. The quantitative estimate of drug-likeness (QED) is 0.0957. The molecule has 0 fully saturated rings. The fourth-order valence-electron chi connectivity index (χ4n) is 2.90. The number of esters is 1. The van der Waals surface area contributed by atoms with E-state index in [9.17, 15) is 31.9 Å². The maximum Gasteiger partial charge on any atom is 0.311 e. The van der Waals surface area contributed by atoms with Crippen LogP contribution < -0.4 is 15.4 Å². The van der Waals surface area contributed by atoms with E-state index in [4.69, 9.17) is 9.47 Å². The average molecular weight is 573 g/mol. The smallest absolute Gasteiger partial charge is 0.311 e. The lowest BCUT2D eigenvalue weighted by atomic mass is 10.1. The van der Waals surface area contributed by atoms with E-state index < -0.39 is 70.1 Å². The highest BCUT2D eigenvalue weighted by molar-refractivity contribution is 8.00. The van der Waals surface area contributed by atoms with Crippen LogP contribution >= 0.6 is 23.5 Å². The van der Waals surface area contributed by atoms with E-state index in [1.165, 1.54) is 23.5 Å². The molecule has 1 rings (SSSR count). The van der Waals surface area contributed by atoms with E-state index in [1.807, 2.05) is 13.8 Å². The lowest BCUT2D eigenvalue weighted by Gasteiger charge is -2.23. The molecule has 0 aromatic heterocycles. The molecule has 0 saturated carbocycles. The van der Waals surface area contributed by atoms with Crippen LogP contribution in [0, 0.1) is 23.3 Å². The molecule has 37 heavy (non-hydrogen) atoms. The van der Waals surface area contributed by atoms with Crippen molar-refractivity contribution in [3.63, 3.8) is 0 Å². The van der Waals surface area contributed by atoms with E-state index >= 15 is 0 Å². The van der Waals surface area contributed by atoms with Gasteiger partial charge < -0.3 is 24.8 Å². The molecule has 2 amide bonds. The molecule has 1 aromatic rings. The van der Waals surface area contributed by atoms with Gasteiger partial charge in [0, 0.05) is 38.3 Å². The summed E-state index contributed by atoms with van der Waals surface area (Å²) < 4.78 is 69.8. The fourth-order valence-corrected chi connectivity index (χ4v) is 4.43. The second-order valence-electron chi connectivity index (χ2n) is 7.25. The van der Waals surface area contributed by atoms with Crippen LogP contribution in [0.5, 0.6) is 5.75 Å². The second kappa shape index (κ2) is 17.5. The van der Waals surface area contributed by atoms with Gasteiger partial charge in [-0.25, -0.2) is 8.78 Å². The molecule has 0 spiro atoms. The summed E-state index contributed by atoms with van der Waals surface area (Å²) in [5.74, 6) is -9.60. The first kappa shape index (κ1) is 33.0. The molecule has 0 radical (unpaired) electrons. The Labute approximate surface area is 221 Å². The van der Waals surface area contributed by atoms with Crippen molar-refractivity contribution >= 4 is 41.3 Å². The van der Waals surface area contributed by atoms with Gasteiger partial charge in [0.15, 0.2) is 22.5 Å². The Kier molecular flexibility index (Phi) is 15.6. The molecule has 14 heteroatoms. The van der Waals surface area contributed by atoms with Crippen molar-refractivity contribution in [3.05, 3.63) is 29.3 Å². The summed E-state index contributed by atoms with van der Waals surface area (Å²) >= 11 is 2.50. The lowest BCUT2D eigenvalue weighted by molar-refractivity contribution is -0.135. The number of benzene rings is 1. The van der Waals surface area contributed by atoms with Crippen molar-refractivity contribution < 1.29 is 46.2 Å². The summed E-state index contributed by atoms with van der Waals surface area (Å²) in [6, 6.07) is -0.830. The van der Waals surface area contributed by atoms with E-state index in [0.717, 1.165) is 0 Å². The van der Waals surface area contributed by atoms with Gasteiger partial charge >= 0.3 is 5.97 Å². The second-order valence-corrected chi connectivity index (χ2v) is 9.92. The highest BCUT2D eigenvalue weighted by atomic mass is 32.2. The van der Waals surface area contributed by atoms with Gasteiger partial charge in [-0.15, -0.1) is 23.5 Å². The number of hydrogen-bond donors (Lipinski definition) is 2. The standard InChI is InChI=1S/C23H32F4N2O6S2/c1-5-33-22(36-7-3)20(31)28-12-13(29-21(32)23(34-6-2)37-8-4)9-10-16(30)35-19-17(26)14(24)11-15(25)18(19)27/h11,13,22-23H,5-10,12H2,1-4H3,(H,28,31)(H,29,32). The summed E-state index contributed by atoms with van der Waals surface area (Å²) in [6.07, 6.45) is -0.640. The third kappa shape index (κ3) is 11.1. The van der Waals surface area contributed by atoms with E-state index in [1.54, 1.807) is 13.8 Å². The van der Waals surface area contributed by atoms with Crippen LogP contribution in [0.3, 0.4) is 0 Å². The summed E-state index contributed by atoms with van der Waals surface area (Å²) in [7, 11) is 0. The zero-order chi connectivity index (χ0) is 28.0. The van der Waals surface area contributed by atoms with Crippen LogP contribution in [0.4, 0.5) is 17.6 Å². The van der Waals surface area contributed by atoms with Crippen molar-refractivity contribution in [1.29, 1.82) is 0 Å². The van der Waals surface area contributed by atoms with Crippen molar-refractivity contribution in [1.82, 2.24) is 10.6 Å². The Balaban J connectivity index is 2.94. The van der Waals surface area contributed by atoms with Gasteiger partial charge in [0.25, 0.3) is 11.8 Å². The molecule has 0 heterocycles. The minimum Gasteiger partial charge on any atom is -0.420 e. The molecule has 210 valence electrons. The molecule has 0 aliphatic rings. The average Bonchev–Trinajstić information content (AvgIpc) is 2.86. The number of hydrogen-bond acceptors (Lipinski definition) is 8. The van der Waals surface area contributed by atoms with Crippen molar-refractivity contribution in [2.24, 2.45) is 0 Å². The largest absolute Gasteiger partial charge is 0.420 e. The number of halogens is 4. The molecular formula is C23H32F4N2O6S2. The minimum atomic E-state index is -1.85. The molecule has 8 nitrogen and oxygen atoms in total. The van der Waals surface area contributed by atoms with E-state index in [2.05, 4.69) is 15.4 Å². The number of amides is 2. The van der Waals surface area contributed by atoms with Crippen LogP contribution in [0.1, 0.15) is 40.5 Å². The van der Waals surface area contributed by atoms with Gasteiger partial charge in [0.05, 0.1) is 0 Å². The van der Waals surface area contributed by atoms with Gasteiger partial charge in [-0.05, 0) is 31.8 Å². The summed E-state index contributed by atoms with van der Waals surface area (Å²) in [4.78, 5) is 37.5. The van der Waals surface area contributed by atoms with Gasteiger partial charge in [-0.1, -0.05) is 13.8 Å². The Hall–Kier alpha value is -2.03. The third-order valence-corrected chi connectivity index (χ3v) is 6.53. The minimum absolute atomic E-state index is 0.00824. The molecular weight excluding hydrogens is 540 g/mol. The third-order valence-electron chi connectivity index (χ3n) is 4.55. The number of thioether (sulfide) groups is 2. The zero-order valence-corrected chi connectivity index (χ0v) is 22.7. The molecule has 0 aliphatic carbocycles. The maximum atomic E-state index is 13.8. The fraction of sp³-hybridized carbons (Fsp3) is 0.609. The number of nitrogens with one attached hydrogen (secondary N) is 2. The van der Waals surface area contributed by atoms with Crippen LogP contribution in [-0.2, 0) is 23.9 Å². The Morgan fingerprint density at radius 3 is 1.86 bits per heavy atom. The highest BCUT2D eigenvalue weighted by Crippen LogP contribution is 2.27. The first-order chi connectivity index (χ1) is 17.6. The molecule has 3 atom stereocenters. The topological polar surface area (TPSA) is 103 Å². The monoisotopic (exact) mass is 572 g/mol. The molecule has 0 bridgehead atoms. The van der Waals surface area contributed by atoms with Crippen molar-refractivity contribution in [2.45, 2.75) is 57.5 Å². The van der Waals surface area contributed by atoms with Crippen LogP contribution in [-0.4, -0.2) is 66.0 Å².